The number of fused-ring (bicyclic) bond motifs is 3. The fraction of sp³-hybridized carbons (Fsp3) is 0. The molecule has 0 fully saturated rings. The number of aromatic nitrogens is 2. The van der Waals surface area contributed by atoms with Crippen LogP contribution in [0.3, 0.4) is 0 Å². The van der Waals surface area contributed by atoms with Gasteiger partial charge in [0, 0.05) is 16.3 Å². The molecular formula is C39H26N2. The van der Waals surface area contributed by atoms with Gasteiger partial charge in [0.1, 0.15) is 5.82 Å². The van der Waals surface area contributed by atoms with Crippen LogP contribution >= 0.6 is 0 Å². The molecule has 0 aliphatic heterocycles. The number of imidazole rings is 1. The summed E-state index contributed by atoms with van der Waals surface area (Å²) in [6.45, 7) is 0. The molecule has 0 saturated heterocycles. The van der Waals surface area contributed by atoms with Crippen LogP contribution in [0, 0.1) is 0 Å². The standard InChI is InChI=1S/C39H26N2/c1-3-15-27(16-4-1)29-19-7-8-20-30(29)37-31-21-9-11-23-33(31)38(34-24-12-10-22-32(34)37)41-36-26-14-13-25-35(36)40-39(41)28-17-5-2-6-18-28/h1-26H/i1D,3D,4D,15D,16D. The van der Waals surface area contributed by atoms with E-state index in [4.69, 9.17) is 11.8 Å². The molecule has 7 aromatic carbocycles. The molecular weight excluding hydrogens is 496 g/mol. The average Bonchev–Trinajstić information content (AvgIpc) is 3.49. The molecule has 1 heterocycles. The van der Waals surface area contributed by atoms with Crippen LogP contribution in [0.4, 0.5) is 0 Å². The smallest absolute Gasteiger partial charge is 0.145 e. The van der Waals surface area contributed by atoms with Gasteiger partial charge in [-0.2, -0.15) is 0 Å². The summed E-state index contributed by atoms with van der Waals surface area (Å²) in [5.74, 6) is 0.837. The molecule has 0 saturated carbocycles. The van der Waals surface area contributed by atoms with Crippen LogP contribution in [-0.2, 0) is 0 Å². The van der Waals surface area contributed by atoms with Crippen LogP contribution in [0.25, 0.3) is 71.9 Å². The van der Waals surface area contributed by atoms with Crippen LogP contribution in [0.2, 0.25) is 0 Å². The zero-order chi connectivity index (χ0) is 31.5. The Labute approximate surface area is 245 Å². The number of para-hydroxylation sites is 2. The first-order valence-corrected chi connectivity index (χ1v) is 13.6. The number of hydrogen-bond acceptors (Lipinski definition) is 1. The number of hydrogen-bond donors (Lipinski definition) is 0. The molecule has 0 amide bonds. The summed E-state index contributed by atoms with van der Waals surface area (Å²) in [4.78, 5) is 5.12. The van der Waals surface area contributed by atoms with E-state index in [2.05, 4.69) is 47.0 Å². The van der Waals surface area contributed by atoms with Gasteiger partial charge in [-0.15, -0.1) is 0 Å². The molecule has 0 unspecified atom stereocenters. The molecule has 2 nitrogen and oxygen atoms in total. The van der Waals surface area contributed by atoms with E-state index >= 15 is 0 Å². The summed E-state index contributed by atoms with van der Waals surface area (Å²) in [6, 6.07) is 41.0. The molecule has 0 bridgehead atoms. The predicted octanol–water partition coefficient (Wildman–Crippen LogP) is 10.3. The molecule has 2 heteroatoms. The van der Waals surface area contributed by atoms with Gasteiger partial charge in [-0.3, -0.25) is 4.57 Å². The molecule has 0 radical (unpaired) electrons. The van der Waals surface area contributed by atoms with Crippen LogP contribution in [0.5, 0.6) is 0 Å². The van der Waals surface area contributed by atoms with E-state index in [0.29, 0.717) is 5.56 Å². The molecule has 8 rings (SSSR count). The van der Waals surface area contributed by atoms with Gasteiger partial charge >= 0.3 is 0 Å². The molecule has 0 atom stereocenters. The third-order valence-corrected chi connectivity index (χ3v) is 7.69. The largest absolute Gasteiger partial charge is 0.291 e. The monoisotopic (exact) mass is 527 g/mol. The highest BCUT2D eigenvalue weighted by Crippen LogP contribution is 2.45. The maximum absolute atomic E-state index is 8.79. The summed E-state index contributed by atoms with van der Waals surface area (Å²) in [5.41, 5.74) is 6.38. The Balaban J connectivity index is 1.53. The van der Waals surface area contributed by atoms with E-state index in [-0.39, 0.29) is 29.7 Å². The minimum absolute atomic E-state index is 0.186. The van der Waals surface area contributed by atoms with Crippen LogP contribution in [0.1, 0.15) is 6.85 Å². The lowest BCUT2D eigenvalue weighted by Gasteiger charge is -2.21. The van der Waals surface area contributed by atoms with Gasteiger partial charge in [-0.05, 0) is 45.2 Å². The normalized spacial score (nSPS) is 13.1. The fourth-order valence-electron chi connectivity index (χ4n) is 5.97. The van der Waals surface area contributed by atoms with Crippen LogP contribution in [0.15, 0.2) is 158 Å². The van der Waals surface area contributed by atoms with Crippen molar-refractivity contribution in [1.29, 1.82) is 0 Å². The summed E-state index contributed by atoms with van der Waals surface area (Å²) in [7, 11) is 0. The lowest BCUT2D eigenvalue weighted by Crippen LogP contribution is -2.01. The molecule has 0 aliphatic rings. The number of benzene rings is 7. The lowest BCUT2D eigenvalue weighted by molar-refractivity contribution is 1.13. The average molecular weight is 528 g/mol. The number of rotatable bonds is 4. The van der Waals surface area contributed by atoms with Crippen molar-refractivity contribution in [3.63, 3.8) is 0 Å². The minimum Gasteiger partial charge on any atom is -0.291 e. The van der Waals surface area contributed by atoms with Crippen molar-refractivity contribution in [3.05, 3.63) is 158 Å². The maximum Gasteiger partial charge on any atom is 0.145 e. The predicted molar refractivity (Wildman–Crippen MR) is 172 cm³/mol. The van der Waals surface area contributed by atoms with Crippen molar-refractivity contribution in [3.8, 4) is 39.3 Å². The first kappa shape index (κ1) is 18.8. The second-order valence-corrected chi connectivity index (χ2v) is 9.99. The van der Waals surface area contributed by atoms with Gasteiger partial charge in [0.25, 0.3) is 0 Å². The van der Waals surface area contributed by atoms with E-state index in [1.807, 2.05) is 84.9 Å². The Morgan fingerprint density at radius 3 is 1.76 bits per heavy atom. The van der Waals surface area contributed by atoms with E-state index in [0.717, 1.165) is 60.8 Å². The van der Waals surface area contributed by atoms with E-state index in [1.54, 1.807) is 0 Å². The Morgan fingerprint density at radius 2 is 1.05 bits per heavy atom. The Morgan fingerprint density at radius 1 is 0.488 bits per heavy atom. The van der Waals surface area contributed by atoms with Crippen molar-refractivity contribution >= 4 is 32.6 Å². The summed E-state index contributed by atoms with van der Waals surface area (Å²) in [5, 5.41) is 3.97. The van der Waals surface area contributed by atoms with Crippen molar-refractivity contribution < 1.29 is 6.85 Å². The minimum atomic E-state index is -0.404. The van der Waals surface area contributed by atoms with Gasteiger partial charge < -0.3 is 0 Å². The molecule has 0 aliphatic carbocycles. The zero-order valence-electron chi connectivity index (χ0n) is 27.0. The Bertz CT molecular complexity index is 2400. The second kappa shape index (κ2) is 9.62. The van der Waals surface area contributed by atoms with Crippen molar-refractivity contribution in [2.24, 2.45) is 0 Å². The Hall–Kier alpha value is -5.47. The zero-order valence-corrected chi connectivity index (χ0v) is 22.0. The van der Waals surface area contributed by atoms with Crippen molar-refractivity contribution in [1.82, 2.24) is 9.55 Å². The van der Waals surface area contributed by atoms with Gasteiger partial charge in [0.2, 0.25) is 0 Å². The van der Waals surface area contributed by atoms with Gasteiger partial charge in [-0.1, -0.05) is 145 Å². The topological polar surface area (TPSA) is 17.8 Å². The molecule has 192 valence electrons. The highest BCUT2D eigenvalue weighted by molar-refractivity contribution is 6.20. The second-order valence-electron chi connectivity index (χ2n) is 9.99. The maximum atomic E-state index is 8.79. The third-order valence-electron chi connectivity index (χ3n) is 7.69. The summed E-state index contributed by atoms with van der Waals surface area (Å²) < 4.78 is 44.7. The highest BCUT2D eigenvalue weighted by atomic mass is 15.1. The molecule has 0 spiro atoms. The van der Waals surface area contributed by atoms with Gasteiger partial charge in [-0.25, -0.2) is 4.98 Å². The first-order chi connectivity index (χ1) is 22.5. The Kier molecular flexibility index (Phi) is 4.40. The molecule has 41 heavy (non-hydrogen) atoms. The quantitative estimate of drug-likeness (QED) is 0.208. The first-order valence-electron chi connectivity index (χ1n) is 16.1. The van der Waals surface area contributed by atoms with Crippen LogP contribution < -0.4 is 0 Å². The fourth-order valence-corrected chi connectivity index (χ4v) is 5.97. The third kappa shape index (κ3) is 3.76. The van der Waals surface area contributed by atoms with E-state index in [9.17, 15) is 0 Å². The SMILES string of the molecule is [2H]c1c([2H])c([2H])c(-c2ccccc2-c2c3ccccc3c(-n3c(-c4ccccc4)nc4ccccc43)c3ccccc23)c([2H])c1[2H]. The summed E-state index contributed by atoms with van der Waals surface area (Å²) in [6.07, 6.45) is 0. The highest BCUT2D eigenvalue weighted by Gasteiger charge is 2.22. The van der Waals surface area contributed by atoms with Crippen molar-refractivity contribution in [2.45, 2.75) is 0 Å². The van der Waals surface area contributed by atoms with Crippen molar-refractivity contribution in [2.75, 3.05) is 0 Å². The lowest BCUT2D eigenvalue weighted by atomic mass is 9.86. The molecule has 8 aromatic rings. The molecule has 1 aromatic heterocycles. The van der Waals surface area contributed by atoms with Gasteiger partial charge in [0.15, 0.2) is 0 Å². The summed E-state index contributed by atoms with van der Waals surface area (Å²) >= 11 is 0. The molecule has 0 N–H and O–H groups in total. The van der Waals surface area contributed by atoms with E-state index in [1.165, 1.54) is 0 Å². The van der Waals surface area contributed by atoms with E-state index < -0.39 is 6.04 Å². The number of nitrogens with zero attached hydrogens (tertiary/aromatic N) is 2. The van der Waals surface area contributed by atoms with Crippen LogP contribution in [-0.4, -0.2) is 9.55 Å². The van der Waals surface area contributed by atoms with Gasteiger partial charge in [0.05, 0.1) is 23.6 Å².